The summed E-state index contributed by atoms with van der Waals surface area (Å²) in [6.45, 7) is 1.58. The third-order valence-corrected chi connectivity index (χ3v) is 9.43. The minimum absolute atomic E-state index is 0.0358. The van der Waals surface area contributed by atoms with Crippen molar-refractivity contribution >= 4 is 17.6 Å². The van der Waals surface area contributed by atoms with Crippen LogP contribution in [0.3, 0.4) is 0 Å². The lowest BCUT2D eigenvalue weighted by Gasteiger charge is -2.52. The third kappa shape index (κ3) is 5.45. The molecule has 3 N–H and O–H groups in total. The van der Waals surface area contributed by atoms with Crippen LogP contribution in [0, 0.1) is 5.92 Å². The number of pyridine rings is 1. The molecule has 5 rings (SSSR count). The van der Waals surface area contributed by atoms with Crippen LogP contribution >= 0.6 is 0 Å². The standard InChI is InChI=1S/C30H42N6O3/c1-31-27(38)23-12-17-32-25(18-23)33-26(37)20-35-21-29(36(28(35)39)19-22-8-7-9-22)13-15-30(16-14-29,34(2)3)24-10-5-4-6-11-24/h4-6,10-12,17-18,22,28,39H,7-9,13-16,19-21H2,1-3H3,(H,31,38)(H,32,33,37)/t28?,29-,30+. The maximum absolute atomic E-state index is 13.1. The third-order valence-electron chi connectivity index (χ3n) is 9.43. The zero-order valence-electron chi connectivity index (χ0n) is 23.4. The highest BCUT2D eigenvalue weighted by molar-refractivity contribution is 5.96. The van der Waals surface area contributed by atoms with Gasteiger partial charge in [0.25, 0.3) is 5.91 Å². The van der Waals surface area contributed by atoms with E-state index in [1.54, 1.807) is 19.2 Å². The Morgan fingerprint density at radius 1 is 1.10 bits per heavy atom. The molecule has 2 heterocycles. The Morgan fingerprint density at radius 2 is 1.82 bits per heavy atom. The molecular weight excluding hydrogens is 492 g/mol. The Hall–Kier alpha value is -2.85. The van der Waals surface area contributed by atoms with E-state index >= 15 is 0 Å². The van der Waals surface area contributed by atoms with Crippen LogP contribution in [-0.4, -0.2) is 89.3 Å². The molecule has 0 bridgehead atoms. The van der Waals surface area contributed by atoms with Crippen molar-refractivity contribution < 1.29 is 14.7 Å². The van der Waals surface area contributed by atoms with E-state index in [0.29, 0.717) is 23.8 Å². The van der Waals surface area contributed by atoms with Crippen LogP contribution in [0.15, 0.2) is 48.7 Å². The summed E-state index contributed by atoms with van der Waals surface area (Å²) in [5.74, 6) is 0.445. The van der Waals surface area contributed by atoms with E-state index in [0.717, 1.165) is 32.2 Å². The van der Waals surface area contributed by atoms with Gasteiger partial charge in [-0.25, -0.2) is 4.98 Å². The zero-order valence-corrected chi connectivity index (χ0v) is 23.4. The average Bonchev–Trinajstić information content (AvgIpc) is 3.16. The maximum atomic E-state index is 13.1. The number of rotatable bonds is 8. The van der Waals surface area contributed by atoms with Crippen LogP contribution in [0.1, 0.15) is 60.9 Å². The largest absolute Gasteiger partial charge is 0.365 e. The first-order chi connectivity index (χ1) is 18.8. The molecule has 1 aliphatic heterocycles. The molecule has 1 aromatic carbocycles. The second kappa shape index (κ2) is 11.3. The van der Waals surface area contributed by atoms with E-state index in [4.69, 9.17) is 0 Å². The Morgan fingerprint density at radius 3 is 2.44 bits per heavy atom. The maximum Gasteiger partial charge on any atom is 0.251 e. The Kier molecular flexibility index (Phi) is 8.05. The molecule has 210 valence electrons. The number of hydrogen-bond acceptors (Lipinski definition) is 7. The van der Waals surface area contributed by atoms with Crippen molar-refractivity contribution in [2.24, 2.45) is 5.92 Å². The van der Waals surface area contributed by atoms with Gasteiger partial charge in [-0.3, -0.25) is 24.3 Å². The minimum atomic E-state index is -0.801. The highest BCUT2D eigenvalue weighted by atomic mass is 16.3. The molecule has 1 unspecified atom stereocenters. The molecule has 39 heavy (non-hydrogen) atoms. The summed E-state index contributed by atoms with van der Waals surface area (Å²) in [6, 6.07) is 13.9. The van der Waals surface area contributed by atoms with E-state index in [1.165, 1.54) is 31.0 Å². The molecule has 1 saturated heterocycles. The van der Waals surface area contributed by atoms with Crippen molar-refractivity contribution in [2.75, 3.05) is 46.1 Å². The normalized spacial score (nSPS) is 28.0. The summed E-state index contributed by atoms with van der Waals surface area (Å²) in [7, 11) is 5.91. The minimum Gasteiger partial charge on any atom is -0.365 e. The Balaban J connectivity index is 1.32. The fourth-order valence-electron chi connectivity index (χ4n) is 6.84. The predicted molar refractivity (Wildman–Crippen MR) is 151 cm³/mol. The molecule has 1 aromatic heterocycles. The number of carbonyl (C=O) groups excluding carboxylic acids is 2. The first-order valence-electron chi connectivity index (χ1n) is 14.2. The SMILES string of the molecule is CNC(=O)c1ccnc(NC(=O)CN2C[C@]3(CC[C@](c4ccccc4)(N(C)C)CC3)N(CC3CCC3)C2O)c1. The summed E-state index contributed by atoms with van der Waals surface area (Å²) in [5, 5.41) is 17.0. The Labute approximate surface area is 231 Å². The van der Waals surface area contributed by atoms with Crippen molar-refractivity contribution in [2.45, 2.75) is 62.4 Å². The molecule has 2 aliphatic carbocycles. The van der Waals surface area contributed by atoms with E-state index in [1.807, 2.05) is 4.90 Å². The lowest BCUT2D eigenvalue weighted by molar-refractivity contribution is -0.126. The molecule has 3 fully saturated rings. The van der Waals surface area contributed by atoms with E-state index in [2.05, 4.69) is 69.8 Å². The first-order valence-corrected chi connectivity index (χ1v) is 14.2. The van der Waals surface area contributed by atoms with Crippen LogP contribution < -0.4 is 10.6 Å². The molecule has 2 amide bonds. The summed E-state index contributed by atoms with van der Waals surface area (Å²) in [6.07, 6.45) is 8.28. The summed E-state index contributed by atoms with van der Waals surface area (Å²) in [5.41, 5.74) is 1.57. The fraction of sp³-hybridized carbons (Fsp3) is 0.567. The lowest BCUT2D eigenvalue weighted by Crippen LogP contribution is -2.57. The van der Waals surface area contributed by atoms with Gasteiger partial charge in [0.1, 0.15) is 5.82 Å². The molecular formula is C30H42N6O3. The van der Waals surface area contributed by atoms with E-state index in [-0.39, 0.29) is 29.4 Å². The highest BCUT2D eigenvalue weighted by Crippen LogP contribution is 2.50. The molecule has 1 atom stereocenters. The van der Waals surface area contributed by atoms with E-state index < -0.39 is 6.35 Å². The number of benzene rings is 1. The number of nitrogens with one attached hydrogen (secondary N) is 2. The van der Waals surface area contributed by atoms with Crippen LogP contribution in [0.25, 0.3) is 0 Å². The summed E-state index contributed by atoms with van der Waals surface area (Å²) in [4.78, 5) is 35.8. The summed E-state index contributed by atoms with van der Waals surface area (Å²) >= 11 is 0. The van der Waals surface area contributed by atoms with Crippen molar-refractivity contribution in [3.8, 4) is 0 Å². The van der Waals surface area contributed by atoms with Crippen molar-refractivity contribution in [1.29, 1.82) is 0 Å². The van der Waals surface area contributed by atoms with Gasteiger partial charge in [0.05, 0.1) is 6.54 Å². The van der Waals surface area contributed by atoms with Gasteiger partial charge in [-0.05, 0) is 76.2 Å². The van der Waals surface area contributed by atoms with Gasteiger partial charge in [-0.15, -0.1) is 0 Å². The number of aliphatic hydroxyl groups excluding tert-OH is 1. The Bertz CT molecular complexity index is 1160. The van der Waals surface area contributed by atoms with Gasteiger partial charge in [-0.1, -0.05) is 36.8 Å². The van der Waals surface area contributed by atoms with Crippen LogP contribution in [0.5, 0.6) is 0 Å². The van der Waals surface area contributed by atoms with Crippen LogP contribution in [0.4, 0.5) is 5.82 Å². The number of amides is 2. The molecule has 1 spiro atoms. The second-order valence-electron chi connectivity index (χ2n) is 11.8. The van der Waals surface area contributed by atoms with Crippen LogP contribution in [0.2, 0.25) is 0 Å². The van der Waals surface area contributed by atoms with Gasteiger partial charge in [0.15, 0.2) is 6.35 Å². The number of nitrogens with zero attached hydrogens (tertiary/aromatic N) is 4. The van der Waals surface area contributed by atoms with Gasteiger partial charge in [0.2, 0.25) is 5.91 Å². The topological polar surface area (TPSA) is 101 Å². The fourth-order valence-corrected chi connectivity index (χ4v) is 6.84. The number of anilines is 1. The van der Waals surface area contributed by atoms with Crippen LogP contribution in [-0.2, 0) is 10.3 Å². The predicted octanol–water partition coefficient (Wildman–Crippen LogP) is 2.84. The molecule has 9 heteroatoms. The van der Waals surface area contributed by atoms with Gasteiger partial charge >= 0.3 is 0 Å². The smallest absolute Gasteiger partial charge is 0.251 e. The first kappa shape index (κ1) is 27.7. The van der Waals surface area contributed by atoms with Gasteiger partial charge in [0, 0.05) is 43.0 Å². The van der Waals surface area contributed by atoms with Crippen molar-refractivity contribution in [1.82, 2.24) is 25.0 Å². The van der Waals surface area contributed by atoms with Crippen molar-refractivity contribution in [3.05, 3.63) is 59.8 Å². The summed E-state index contributed by atoms with van der Waals surface area (Å²) < 4.78 is 0. The zero-order chi connectivity index (χ0) is 27.6. The number of hydrogen-bond donors (Lipinski definition) is 3. The van der Waals surface area contributed by atoms with Gasteiger partial charge in [-0.2, -0.15) is 0 Å². The molecule has 0 radical (unpaired) electrons. The quantitative estimate of drug-likeness (QED) is 0.479. The molecule has 9 nitrogen and oxygen atoms in total. The molecule has 3 aliphatic rings. The number of carbonyl (C=O) groups is 2. The number of aromatic nitrogens is 1. The number of aliphatic hydroxyl groups is 1. The van der Waals surface area contributed by atoms with Gasteiger partial charge < -0.3 is 15.7 Å². The second-order valence-corrected chi connectivity index (χ2v) is 11.8. The van der Waals surface area contributed by atoms with Crippen molar-refractivity contribution in [3.63, 3.8) is 0 Å². The molecule has 2 saturated carbocycles. The lowest BCUT2D eigenvalue weighted by atomic mass is 9.68. The monoisotopic (exact) mass is 534 g/mol. The highest BCUT2D eigenvalue weighted by Gasteiger charge is 2.55. The van der Waals surface area contributed by atoms with E-state index in [9.17, 15) is 14.7 Å². The average molecular weight is 535 g/mol. The molecule has 2 aromatic rings.